The summed E-state index contributed by atoms with van der Waals surface area (Å²) in [5, 5.41) is 8.70. The lowest BCUT2D eigenvalue weighted by atomic mass is 10.7. The minimum absolute atomic E-state index is 0.00230. The number of rotatable bonds is 6. The van der Waals surface area contributed by atoms with Crippen LogP contribution < -0.4 is 0 Å². The number of amides is 1. The quantitative estimate of drug-likeness (QED) is 0.460. The van der Waals surface area contributed by atoms with Gasteiger partial charge in [0.2, 0.25) is 0 Å². The molecule has 0 aliphatic rings. The van der Waals surface area contributed by atoms with Gasteiger partial charge in [0.15, 0.2) is 0 Å². The van der Waals surface area contributed by atoms with Crippen molar-refractivity contribution < 1.29 is 24.1 Å². The lowest BCUT2D eigenvalue weighted by molar-refractivity contribution is -0.00475. The van der Waals surface area contributed by atoms with Gasteiger partial charge in [0.25, 0.3) is 0 Å². The molecule has 0 aromatic carbocycles. The lowest BCUT2D eigenvalue weighted by Crippen LogP contribution is -2.34. The predicted octanol–water partition coefficient (Wildman–Crippen LogP) is -0.375. The summed E-state index contributed by atoms with van der Waals surface area (Å²) >= 11 is 0. The molecule has 0 saturated heterocycles. The van der Waals surface area contributed by atoms with Gasteiger partial charge < -0.3 is 19.3 Å². The molecule has 0 spiro atoms. The van der Waals surface area contributed by atoms with Crippen LogP contribution in [0.3, 0.4) is 0 Å². The van der Waals surface area contributed by atoms with E-state index < -0.39 is 12.8 Å². The first-order valence-electron chi connectivity index (χ1n) is 3.76. The summed E-state index contributed by atoms with van der Waals surface area (Å²) in [7, 11) is 2.93. The monoisotopic (exact) mass is 193 g/mol. The molecule has 0 saturated carbocycles. The Hall–Kier alpha value is -0.850. The van der Waals surface area contributed by atoms with Crippen LogP contribution in [0.5, 0.6) is 0 Å². The van der Waals surface area contributed by atoms with Gasteiger partial charge in [-0.15, -0.1) is 0 Å². The van der Waals surface area contributed by atoms with Crippen LogP contribution in [0.1, 0.15) is 0 Å². The average Bonchev–Trinajstić information content (AvgIpc) is 2.14. The molecule has 0 heterocycles. The summed E-state index contributed by atoms with van der Waals surface area (Å²) in [6, 6.07) is 0. The SMILES string of the molecule is COCCOC(=O)N(CO)COC. The van der Waals surface area contributed by atoms with E-state index in [1.165, 1.54) is 14.2 Å². The first kappa shape index (κ1) is 12.2. The number of hydrogen-bond donors (Lipinski definition) is 1. The minimum Gasteiger partial charge on any atom is -0.447 e. The molecule has 1 N–H and O–H groups in total. The maximum Gasteiger partial charge on any atom is 0.413 e. The van der Waals surface area contributed by atoms with Gasteiger partial charge in [-0.3, -0.25) is 4.90 Å². The van der Waals surface area contributed by atoms with Crippen LogP contribution in [0.2, 0.25) is 0 Å². The van der Waals surface area contributed by atoms with Crippen LogP contribution in [0.25, 0.3) is 0 Å². The summed E-state index contributed by atoms with van der Waals surface area (Å²) < 4.78 is 14.0. The van der Waals surface area contributed by atoms with Crippen molar-refractivity contribution in [2.24, 2.45) is 0 Å². The smallest absolute Gasteiger partial charge is 0.413 e. The van der Waals surface area contributed by atoms with Crippen molar-refractivity contribution in [2.45, 2.75) is 0 Å². The van der Waals surface area contributed by atoms with Crippen LogP contribution in [0, 0.1) is 0 Å². The number of ether oxygens (including phenoxy) is 3. The summed E-state index contributed by atoms with van der Waals surface area (Å²) in [5.41, 5.74) is 0. The van der Waals surface area contributed by atoms with Crippen LogP contribution in [0.15, 0.2) is 0 Å². The van der Waals surface area contributed by atoms with Crippen molar-refractivity contribution in [3.63, 3.8) is 0 Å². The zero-order valence-corrected chi connectivity index (χ0v) is 7.86. The third-order valence-corrected chi connectivity index (χ3v) is 1.23. The van der Waals surface area contributed by atoms with Crippen LogP contribution in [-0.2, 0) is 14.2 Å². The number of carbonyl (C=O) groups is 1. The summed E-state index contributed by atoms with van der Waals surface area (Å²) in [5.74, 6) is 0. The molecular weight excluding hydrogens is 178 g/mol. The molecule has 6 nitrogen and oxygen atoms in total. The van der Waals surface area contributed by atoms with E-state index in [1.54, 1.807) is 0 Å². The predicted molar refractivity (Wildman–Crippen MR) is 44.0 cm³/mol. The zero-order valence-electron chi connectivity index (χ0n) is 7.86. The fourth-order valence-corrected chi connectivity index (χ4v) is 0.611. The van der Waals surface area contributed by atoms with Gasteiger partial charge in [0.05, 0.1) is 6.61 Å². The second-order valence-corrected chi connectivity index (χ2v) is 2.21. The standard InChI is InChI=1S/C7H15NO5/c1-11-3-4-13-7(10)8(5-9)6-12-2/h9H,3-6H2,1-2H3. The second-order valence-electron chi connectivity index (χ2n) is 2.21. The summed E-state index contributed by atoms with van der Waals surface area (Å²) in [4.78, 5) is 12.1. The van der Waals surface area contributed by atoms with E-state index in [4.69, 9.17) is 9.84 Å². The first-order valence-corrected chi connectivity index (χ1v) is 3.76. The van der Waals surface area contributed by atoms with E-state index in [2.05, 4.69) is 9.47 Å². The third-order valence-electron chi connectivity index (χ3n) is 1.23. The Labute approximate surface area is 77.0 Å². The number of aliphatic hydroxyl groups excluding tert-OH is 1. The molecule has 0 rings (SSSR count). The molecule has 0 fully saturated rings. The van der Waals surface area contributed by atoms with E-state index in [9.17, 15) is 4.79 Å². The highest BCUT2D eigenvalue weighted by Gasteiger charge is 2.12. The van der Waals surface area contributed by atoms with Crippen molar-refractivity contribution in [3.8, 4) is 0 Å². The Kier molecular flexibility index (Phi) is 7.27. The zero-order chi connectivity index (χ0) is 10.1. The number of aliphatic hydroxyl groups is 1. The molecular formula is C7H15NO5. The van der Waals surface area contributed by atoms with Crippen LogP contribution in [0.4, 0.5) is 4.79 Å². The van der Waals surface area contributed by atoms with Gasteiger partial charge in [-0.1, -0.05) is 0 Å². The molecule has 0 unspecified atom stereocenters. The van der Waals surface area contributed by atoms with Gasteiger partial charge in [-0.2, -0.15) is 0 Å². The highest BCUT2D eigenvalue weighted by Crippen LogP contribution is 1.92. The molecule has 13 heavy (non-hydrogen) atoms. The highest BCUT2D eigenvalue weighted by molar-refractivity contribution is 5.67. The van der Waals surface area contributed by atoms with E-state index in [0.717, 1.165) is 4.90 Å². The Morgan fingerprint density at radius 3 is 2.46 bits per heavy atom. The van der Waals surface area contributed by atoms with Crippen molar-refractivity contribution in [3.05, 3.63) is 0 Å². The Bertz CT molecular complexity index is 141. The van der Waals surface area contributed by atoms with Crippen molar-refractivity contribution in [1.29, 1.82) is 0 Å². The molecule has 6 heteroatoms. The lowest BCUT2D eigenvalue weighted by Gasteiger charge is -2.17. The third kappa shape index (κ3) is 5.40. The van der Waals surface area contributed by atoms with E-state index in [-0.39, 0.29) is 13.3 Å². The maximum atomic E-state index is 11.0. The van der Waals surface area contributed by atoms with E-state index in [0.29, 0.717) is 6.61 Å². The fourth-order valence-electron chi connectivity index (χ4n) is 0.611. The van der Waals surface area contributed by atoms with E-state index in [1.807, 2.05) is 0 Å². The van der Waals surface area contributed by atoms with Gasteiger partial charge in [-0.05, 0) is 0 Å². The second kappa shape index (κ2) is 7.78. The number of methoxy groups -OCH3 is 2. The van der Waals surface area contributed by atoms with Crippen LogP contribution >= 0.6 is 0 Å². The number of nitrogens with zero attached hydrogens (tertiary/aromatic N) is 1. The van der Waals surface area contributed by atoms with Gasteiger partial charge in [0, 0.05) is 14.2 Å². The Morgan fingerprint density at radius 1 is 1.31 bits per heavy atom. The Balaban J connectivity index is 3.64. The van der Waals surface area contributed by atoms with Crippen molar-refractivity contribution >= 4 is 6.09 Å². The topological polar surface area (TPSA) is 68.2 Å². The molecule has 0 bridgehead atoms. The molecule has 78 valence electrons. The molecule has 0 aromatic heterocycles. The van der Waals surface area contributed by atoms with Crippen molar-refractivity contribution in [2.75, 3.05) is 40.9 Å². The fraction of sp³-hybridized carbons (Fsp3) is 0.857. The highest BCUT2D eigenvalue weighted by atomic mass is 16.6. The average molecular weight is 193 g/mol. The number of hydrogen-bond acceptors (Lipinski definition) is 5. The first-order chi connectivity index (χ1) is 6.26. The molecule has 0 aromatic rings. The molecule has 0 radical (unpaired) electrons. The van der Waals surface area contributed by atoms with Crippen molar-refractivity contribution in [1.82, 2.24) is 4.90 Å². The molecule has 0 atom stereocenters. The molecule has 1 amide bonds. The molecule has 0 aliphatic heterocycles. The summed E-state index contributed by atoms with van der Waals surface area (Å²) in [6.07, 6.45) is -0.624. The van der Waals surface area contributed by atoms with Gasteiger partial charge in [-0.25, -0.2) is 4.79 Å². The molecule has 0 aliphatic carbocycles. The summed E-state index contributed by atoms with van der Waals surface area (Å²) in [6.45, 7) is 0.0650. The normalized spacial score (nSPS) is 9.77. The minimum atomic E-state index is -0.624. The van der Waals surface area contributed by atoms with E-state index >= 15 is 0 Å². The number of carbonyl (C=O) groups excluding carboxylic acids is 1. The Morgan fingerprint density at radius 2 is 2.00 bits per heavy atom. The maximum absolute atomic E-state index is 11.0. The van der Waals surface area contributed by atoms with Crippen LogP contribution in [-0.4, -0.2) is 57.0 Å². The van der Waals surface area contributed by atoms with Gasteiger partial charge >= 0.3 is 6.09 Å². The van der Waals surface area contributed by atoms with Gasteiger partial charge in [0.1, 0.15) is 20.1 Å². The largest absolute Gasteiger partial charge is 0.447 e.